The molecule has 8 atom stereocenters. The van der Waals surface area contributed by atoms with Crippen LogP contribution in [0.2, 0.25) is 0 Å². The summed E-state index contributed by atoms with van der Waals surface area (Å²) in [5.74, 6) is 4.99. The summed E-state index contributed by atoms with van der Waals surface area (Å²) in [7, 11) is 0. The second-order valence-corrected chi connectivity index (χ2v) is 11.5. The molecule has 2 unspecified atom stereocenters. The molecule has 0 saturated heterocycles. The standard InChI is InChI=1S/C26H36N2O/c1-25(29)12-10-18-17(15-25)6-7-20-19(18)11-13-26(2)21(20)8-9-22(26)23-16-28-14-4-3-5-24(28)27-23/h3-5,14,16-22,29H,6-13,15H2,1-2H3/t17-,18+,19-,20?,21?,22-,25-,26+/m1/s1. The molecule has 29 heavy (non-hydrogen) atoms. The molecule has 6 rings (SSSR count). The fraction of sp³-hybridized carbons (Fsp3) is 0.731. The van der Waals surface area contributed by atoms with E-state index in [1.165, 1.54) is 50.6 Å². The largest absolute Gasteiger partial charge is 0.390 e. The molecule has 2 aromatic heterocycles. The minimum atomic E-state index is -0.404. The number of imidazole rings is 1. The molecule has 0 aliphatic heterocycles. The third kappa shape index (κ3) is 2.76. The van der Waals surface area contributed by atoms with Crippen molar-refractivity contribution in [1.82, 2.24) is 9.38 Å². The molecule has 4 aliphatic carbocycles. The zero-order chi connectivity index (χ0) is 19.8. The summed E-state index contributed by atoms with van der Waals surface area (Å²) < 4.78 is 2.21. The number of hydrogen-bond donors (Lipinski definition) is 1. The van der Waals surface area contributed by atoms with Gasteiger partial charge in [-0.15, -0.1) is 0 Å². The summed E-state index contributed by atoms with van der Waals surface area (Å²) in [6.07, 6.45) is 16.0. The molecule has 2 heterocycles. The Labute approximate surface area is 174 Å². The van der Waals surface area contributed by atoms with E-state index >= 15 is 0 Å². The van der Waals surface area contributed by atoms with Crippen molar-refractivity contribution in [3.8, 4) is 0 Å². The van der Waals surface area contributed by atoms with E-state index in [1.54, 1.807) is 0 Å². The molecular formula is C26H36N2O. The van der Waals surface area contributed by atoms with Crippen LogP contribution in [0.1, 0.15) is 83.2 Å². The first-order valence-corrected chi connectivity index (χ1v) is 12.1. The molecular weight excluding hydrogens is 356 g/mol. The highest BCUT2D eigenvalue weighted by Crippen LogP contribution is 2.66. The van der Waals surface area contributed by atoms with Crippen molar-refractivity contribution in [2.45, 2.75) is 83.2 Å². The Balaban J connectivity index is 1.27. The van der Waals surface area contributed by atoms with Crippen molar-refractivity contribution < 1.29 is 5.11 Å². The van der Waals surface area contributed by atoms with E-state index in [4.69, 9.17) is 4.98 Å². The Morgan fingerprint density at radius 3 is 2.69 bits per heavy atom. The van der Waals surface area contributed by atoms with Gasteiger partial charge in [0.2, 0.25) is 0 Å². The van der Waals surface area contributed by atoms with Gasteiger partial charge in [-0.05, 0) is 112 Å². The number of aliphatic hydroxyl groups is 1. The van der Waals surface area contributed by atoms with Crippen molar-refractivity contribution >= 4 is 5.65 Å². The lowest BCUT2D eigenvalue weighted by atomic mass is 9.49. The molecule has 3 nitrogen and oxygen atoms in total. The van der Waals surface area contributed by atoms with E-state index in [2.05, 4.69) is 48.8 Å². The van der Waals surface area contributed by atoms with E-state index < -0.39 is 5.60 Å². The Morgan fingerprint density at radius 1 is 0.966 bits per heavy atom. The van der Waals surface area contributed by atoms with Gasteiger partial charge in [0.25, 0.3) is 0 Å². The van der Waals surface area contributed by atoms with Crippen LogP contribution in [0, 0.1) is 35.0 Å². The van der Waals surface area contributed by atoms with Gasteiger partial charge in [0, 0.05) is 18.3 Å². The number of nitrogens with zero attached hydrogens (tertiary/aromatic N) is 2. The first-order chi connectivity index (χ1) is 13.9. The predicted molar refractivity (Wildman–Crippen MR) is 116 cm³/mol. The van der Waals surface area contributed by atoms with Crippen molar-refractivity contribution in [1.29, 1.82) is 0 Å². The van der Waals surface area contributed by atoms with Crippen LogP contribution in [-0.4, -0.2) is 20.1 Å². The van der Waals surface area contributed by atoms with Crippen LogP contribution in [0.5, 0.6) is 0 Å². The van der Waals surface area contributed by atoms with Crippen molar-refractivity contribution in [2.24, 2.45) is 35.0 Å². The van der Waals surface area contributed by atoms with Crippen LogP contribution in [-0.2, 0) is 0 Å². The molecule has 4 saturated carbocycles. The minimum Gasteiger partial charge on any atom is -0.390 e. The fourth-order valence-corrected chi connectivity index (χ4v) is 8.69. The first-order valence-electron chi connectivity index (χ1n) is 12.1. The second kappa shape index (κ2) is 6.33. The van der Waals surface area contributed by atoms with Crippen LogP contribution >= 0.6 is 0 Å². The van der Waals surface area contributed by atoms with Crippen LogP contribution in [0.3, 0.4) is 0 Å². The third-order valence-electron chi connectivity index (χ3n) is 9.98. The minimum absolute atomic E-state index is 0.404. The molecule has 0 aromatic carbocycles. The molecule has 0 radical (unpaired) electrons. The van der Waals surface area contributed by atoms with Crippen molar-refractivity contribution in [2.75, 3.05) is 0 Å². The zero-order valence-corrected chi connectivity index (χ0v) is 18.1. The number of pyridine rings is 1. The van der Waals surface area contributed by atoms with Gasteiger partial charge in [0.05, 0.1) is 11.3 Å². The lowest BCUT2D eigenvalue weighted by molar-refractivity contribution is -0.0959. The molecule has 1 N–H and O–H groups in total. The van der Waals surface area contributed by atoms with Gasteiger partial charge in [-0.1, -0.05) is 13.0 Å². The quantitative estimate of drug-likeness (QED) is 0.664. The maximum atomic E-state index is 10.6. The number of hydrogen-bond acceptors (Lipinski definition) is 2. The molecule has 2 aromatic rings. The second-order valence-electron chi connectivity index (χ2n) is 11.5. The van der Waals surface area contributed by atoms with Gasteiger partial charge in [-0.2, -0.15) is 0 Å². The maximum Gasteiger partial charge on any atom is 0.136 e. The molecule has 3 heteroatoms. The average Bonchev–Trinajstić information content (AvgIpc) is 3.27. The van der Waals surface area contributed by atoms with Crippen LogP contribution in [0.15, 0.2) is 30.6 Å². The molecule has 4 aliphatic rings. The third-order valence-corrected chi connectivity index (χ3v) is 9.98. The molecule has 0 amide bonds. The van der Waals surface area contributed by atoms with E-state index in [-0.39, 0.29) is 0 Å². The Kier molecular flexibility index (Phi) is 4.02. The van der Waals surface area contributed by atoms with Gasteiger partial charge in [-0.3, -0.25) is 0 Å². The first kappa shape index (κ1) is 18.4. The van der Waals surface area contributed by atoms with Crippen LogP contribution in [0.25, 0.3) is 5.65 Å². The van der Waals surface area contributed by atoms with Gasteiger partial charge < -0.3 is 9.51 Å². The number of fused-ring (bicyclic) bond motifs is 6. The Hall–Kier alpha value is -1.35. The van der Waals surface area contributed by atoms with Crippen molar-refractivity contribution in [3.63, 3.8) is 0 Å². The lowest BCUT2D eigenvalue weighted by Gasteiger charge is -2.57. The van der Waals surface area contributed by atoms with Crippen LogP contribution < -0.4 is 0 Å². The fourth-order valence-electron chi connectivity index (χ4n) is 8.69. The molecule has 0 spiro atoms. The van der Waals surface area contributed by atoms with Gasteiger partial charge >= 0.3 is 0 Å². The normalized spacial score (nSPS) is 46.9. The summed E-state index contributed by atoms with van der Waals surface area (Å²) in [5, 5.41) is 10.6. The highest BCUT2D eigenvalue weighted by Gasteiger charge is 2.58. The van der Waals surface area contributed by atoms with Crippen LogP contribution in [0.4, 0.5) is 0 Å². The highest BCUT2D eigenvalue weighted by atomic mass is 16.3. The van der Waals surface area contributed by atoms with E-state index in [1.807, 2.05) is 0 Å². The Morgan fingerprint density at radius 2 is 1.83 bits per heavy atom. The number of rotatable bonds is 1. The summed E-state index contributed by atoms with van der Waals surface area (Å²) in [4.78, 5) is 5.05. The van der Waals surface area contributed by atoms with E-state index in [0.29, 0.717) is 11.3 Å². The summed E-state index contributed by atoms with van der Waals surface area (Å²) >= 11 is 0. The topological polar surface area (TPSA) is 37.5 Å². The van der Waals surface area contributed by atoms with E-state index in [0.717, 1.165) is 48.1 Å². The monoisotopic (exact) mass is 392 g/mol. The zero-order valence-electron chi connectivity index (χ0n) is 18.1. The summed E-state index contributed by atoms with van der Waals surface area (Å²) in [5.41, 5.74) is 2.45. The summed E-state index contributed by atoms with van der Waals surface area (Å²) in [6, 6.07) is 6.33. The number of aromatic nitrogens is 2. The smallest absolute Gasteiger partial charge is 0.136 e. The van der Waals surface area contributed by atoms with Crippen molar-refractivity contribution in [3.05, 3.63) is 36.3 Å². The lowest BCUT2D eigenvalue weighted by Crippen LogP contribution is -2.50. The SMILES string of the molecule is C[C@@]1(O)CC[C@H]2[C@H](CCC3C4CC[C@H](c5cn6ccccc6n5)[C@@]4(C)CC[C@@H]32)C1. The van der Waals surface area contributed by atoms with E-state index in [9.17, 15) is 5.11 Å². The molecule has 156 valence electrons. The Bertz CT molecular complexity index is 883. The molecule has 4 fully saturated rings. The highest BCUT2D eigenvalue weighted by molar-refractivity contribution is 5.40. The summed E-state index contributed by atoms with van der Waals surface area (Å²) in [6.45, 7) is 4.68. The van der Waals surface area contributed by atoms with Gasteiger partial charge in [0.1, 0.15) is 5.65 Å². The van der Waals surface area contributed by atoms with Gasteiger partial charge in [0.15, 0.2) is 0 Å². The van der Waals surface area contributed by atoms with Gasteiger partial charge in [-0.25, -0.2) is 4.98 Å². The molecule has 0 bridgehead atoms. The average molecular weight is 393 g/mol. The predicted octanol–water partition coefficient (Wildman–Crippen LogP) is 5.82. The maximum absolute atomic E-state index is 10.6.